The second-order valence-corrected chi connectivity index (χ2v) is 2.63. The fourth-order valence-corrected chi connectivity index (χ4v) is 0.775. The van der Waals surface area contributed by atoms with E-state index in [1.807, 2.05) is 13.8 Å². The molecule has 4 nitrogen and oxygen atoms in total. The van der Waals surface area contributed by atoms with Gasteiger partial charge in [-0.1, -0.05) is 0 Å². The molecule has 72 valence electrons. The molecule has 0 fully saturated rings. The third-order valence-electron chi connectivity index (χ3n) is 1.40. The van der Waals surface area contributed by atoms with Crippen LogP contribution in [0.1, 0.15) is 27.2 Å². The Balaban J connectivity index is 3.66. The van der Waals surface area contributed by atoms with E-state index in [2.05, 4.69) is 0 Å². The molecular formula is C8H17NO3. The summed E-state index contributed by atoms with van der Waals surface area (Å²) in [5.41, 5.74) is 0. The van der Waals surface area contributed by atoms with Crippen LogP contribution in [0.3, 0.4) is 0 Å². The van der Waals surface area contributed by atoms with Crippen LogP contribution in [-0.4, -0.2) is 35.3 Å². The molecule has 0 amide bonds. The van der Waals surface area contributed by atoms with Gasteiger partial charge in [-0.25, -0.2) is 0 Å². The fraction of sp³-hybridized carbons (Fsp3) is 0.875. The highest BCUT2D eigenvalue weighted by molar-refractivity contribution is 5.69. The van der Waals surface area contributed by atoms with Gasteiger partial charge in [0.2, 0.25) is 0 Å². The Morgan fingerprint density at radius 3 is 2.33 bits per heavy atom. The number of nitrogens with zero attached hydrogens (tertiary/aromatic N) is 1. The van der Waals surface area contributed by atoms with E-state index in [4.69, 9.17) is 9.94 Å². The number of aliphatic hydroxyl groups excluding tert-OH is 1. The lowest BCUT2D eigenvalue weighted by Crippen LogP contribution is -2.28. The Hall–Kier alpha value is -0.610. The van der Waals surface area contributed by atoms with Crippen molar-refractivity contribution >= 4 is 5.97 Å². The minimum absolute atomic E-state index is 0.0521. The smallest absolute Gasteiger partial charge is 0.327 e. The molecule has 0 aromatic heterocycles. The lowest BCUT2D eigenvalue weighted by Gasteiger charge is -2.17. The van der Waals surface area contributed by atoms with E-state index in [1.165, 1.54) is 0 Å². The van der Waals surface area contributed by atoms with Gasteiger partial charge in [-0.05, 0) is 20.8 Å². The third kappa shape index (κ3) is 5.09. The number of hydroxylamine groups is 2. The molecule has 0 aromatic rings. The highest BCUT2D eigenvalue weighted by Crippen LogP contribution is 1.96. The van der Waals surface area contributed by atoms with E-state index in [0.717, 1.165) is 0 Å². The maximum absolute atomic E-state index is 11.0. The molecule has 0 aliphatic heterocycles. The molecule has 0 saturated carbocycles. The summed E-state index contributed by atoms with van der Waals surface area (Å²) in [5.74, 6) is -0.381. The van der Waals surface area contributed by atoms with Crippen molar-refractivity contribution in [3.63, 3.8) is 0 Å². The van der Waals surface area contributed by atoms with Crippen molar-refractivity contribution in [1.82, 2.24) is 5.06 Å². The molecule has 1 atom stereocenters. The van der Waals surface area contributed by atoms with Crippen molar-refractivity contribution in [1.29, 1.82) is 0 Å². The van der Waals surface area contributed by atoms with Gasteiger partial charge in [-0.3, -0.25) is 4.79 Å². The van der Waals surface area contributed by atoms with Crippen molar-refractivity contribution in [2.24, 2.45) is 0 Å². The second kappa shape index (κ2) is 5.97. The Labute approximate surface area is 73.1 Å². The van der Waals surface area contributed by atoms with Crippen molar-refractivity contribution in [2.45, 2.75) is 33.3 Å². The first-order chi connectivity index (χ1) is 5.60. The molecule has 0 rings (SSSR count). The van der Waals surface area contributed by atoms with Crippen molar-refractivity contribution < 1.29 is 14.7 Å². The SMILES string of the molecule is CCN(CC)OC(=O)CC(C)O. The van der Waals surface area contributed by atoms with E-state index >= 15 is 0 Å². The van der Waals surface area contributed by atoms with Gasteiger partial charge in [0.25, 0.3) is 0 Å². The number of rotatable bonds is 5. The lowest BCUT2D eigenvalue weighted by atomic mass is 10.3. The molecule has 0 aromatic carbocycles. The van der Waals surface area contributed by atoms with Gasteiger partial charge in [0.05, 0.1) is 12.5 Å². The number of aliphatic hydroxyl groups is 1. The highest BCUT2D eigenvalue weighted by Gasteiger charge is 2.10. The van der Waals surface area contributed by atoms with Gasteiger partial charge in [-0.15, -0.1) is 5.06 Å². The lowest BCUT2D eigenvalue weighted by molar-refractivity contribution is -0.190. The maximum Gasteiger partial charge on any atom is 0.327 e. The highest BCUT2D eigenvalue weighted by atomic mass is 16.7. The van der Waals surface area contributed by atoms with Crippen LogP contribution in [0.2, 0.25) is 0 Å². The topological polar surface area (TPSA) is 49.8 Å². The van der Waals surface area contributed by atoms with E-state index in [-0.39, 0.29) is 12.4 Å². The molecule has 12 heavy (non-hydrogen) atoms. The summed E-state index contributed by atoms with van der Waals surface area (Å²) in [4.78, 5) is 15.9. The first-order valence-electron chi connectivity index (χ1n) is 4.23. The first kappa shape index (κ1) is 11.4. The molecule has 0 heterocycles. The Morgan fingerprint density at radius 1 is 1.50 bits per heavy atom. The zero-order chi connectivity index (χ0) is 9.56. The fourth-order valence-electron chi connectivity index (χ4n) is 0.775. The number of hydrogen-bond donors (Lipinski definition) is 1. The minimum atomic E-state index is -0.631. The Kier molecular flexibility index (Phi) is 5.66. The molecular weight excluding hydrogens is 158 g/mol. The summed E-state index contributed by atoms with van der Waals surface area (Å²) in [6.07, 6.45) is -0.579. The van der Waals surface area contributed by atoms with E-state index < -0.39 is 6.10 Å². The van der Waals surface area contributed by atoms with Crippen LogP contribution >= 0.6 is 0 Å². The predicted octanol–water partition coefficient (Wildman–Crippen LogP) is 0.557. The molecule has 0 aliphatic rings. The summed E-state index contributed by atoms with van der Waals surface area (Å²) in [7, 11) is 0. The molecule has 1 N–H and O–H groups in total. The molecule has 0 radical (unpaired) electrons. The van der Waals surface area contributed by atoms with Gasteiger partial charge in [0, 0.05) is 13.1 Å². The van der Waals surface area contributed by atoms with Crippen molar-refractivity contribution in [2.75, 3.05) is 13.1 Å². The van der Waals surface area contributed by atoms with Crippen LogP contribution in [0.4, 0.5) is 0 Å². The van der Waals surface area contributed by atoms with Gasteiger partial charge >= 0.3 is 5.97 Å². The zero-order valence-corrected chi connectivity index (χ0v) is 7.91. The van der Waals surface area contributed by atoms with Gasteiger partial charge < -0.3 is 9.94 Å². The summed E-state index contributed by atoms with van der Waals surface area (Å²) < 4.78 is 0. The Morgan fingerprint density at radius 2 is 2.00 bits per heavy atom. The average Bonchev–Trinajstić information content (AvgIpc) is 1.98. The number of hydrogen-bond acceptors (Lipinski definition) is 4. The summed E-state index contributed by atoms with van der Waals surface area (Å²) in [6, 6.07) is 0. The Bertz CT molecular complexity index is 132. The maximum atomic E-state index is 11.0. The number of carbonyl (C=O) groups is 1. The minimum Gasteiger partial charge on any atom is -0.393 e. The number of carbonyl (C=O) groups excluding carboxylic acids is 1. The van der Waals surface area contributed by atoms with E-state index in [9.17, 15) is 4.79 Å². The standard InChI is InChI=1S/C8H17NO3/c1-4-9(5-2)12-8(11)6-7(3)10/h7,10H,4-6H2,1-3H3. The summed E-state index contributed by atoms with van der Waals surface area (Å²) in [6.45, 7) is 6.70. The zero-order valence-electron chi connectivity index (χ0n) is 7.91. The normalized spacial score (nSPS) is 13.1. The first-order valence-corrected chi connectivity index (χ1v) is 4.23. The molecule has 0 bridgehead atoms. The summed E-state index contributed by atoms with van der Waals surface area (Å²) >= 11 is 0. The largest absolute Gasteiger partial charge is 0.393 e. The van der Waals surface area contributed by atoms with Crippen LogP contribution in [0.15, 0.2) is 0 Å². The second-order valence-electron chi connectivity index (χ2n) is 2.63. The van der Waals surface area contributed by atoms with Gasteiger partial charge in [0.1, 0.15) is 0 Å². The van der Waals surface area contributed by atoms with Crippen LogP contribution < -0.4 is 0 Å². The van der Waals surface area contributed by atoms with E-state index in [1.54, 1.807) is 12.0 Å². The molecule has 0 aliphatic carbocycles. The molecule has 0 spiro atoms. The van der Waals surface area contributed by atoms with Crippen LogP contribution in [-0.2, 0) is 9.63 Å². The van der Waals surface area contributed by atoms with Crippen molar-refractivity contribution in [3.05, 3.63) is 0 Å². The van der Waals surface area contributed by atoms with Gasteiger partial charge in [0.15, 0.2) is 0 Å². The van der Waals surface area contributed by atoms with Crippen molar-refractivity contribution in [3.8, 4) is 0 Å². The monoisotopic (exact) mass is 175 g/mol. The van der Waals surface area contributed by atoms with Crippen LogP contribution in [0.5, 0.6) is 0 Å². The van der Waals surface area contributed by atoms with Crippen LogP contribution in [0, 0.1) is 0 Å². The quantitative estimate of drug-likeness (QED) is 0.620. The molecule has 1 unspecified atom stereocenters. The van der Waals surface area contributed by atoms with Gasteiger partial charge in [-0.2, -0.15) is 0 Å². The van der Waals surface area contributed by atoms with E-state index in [0.29, 0.717) is 13.1 Å². The molecule has 0 saturated heterocycles. The van der Waals surface area contributed by atoms with Crippen LogP contribution in [0.25, 0.3) is 0 Å². The molecule has 4 heteroatoms. The predicted molar refractivity (Wildman–Crippen MR) is 45.3 cm³/mol. The average molecular weight is 175 g/mol. The third-order valence-corrected chi connectivity index (χ3v) is 1.40. The summed E-state index contributed by atoms with van der Waals surface area (Å²) in [5, 5.41) is 10.4.